The van der Waals surface area contributed by atoms with E-state index >= 15 is 0 Å². The van der Waals surface area contributed by atoms with Gasteiger partial charge in [0.05, 0.1) is 0 Å². The van der Waals surface area contributed by atoms with Gasteiger partial charge in [0.15, 0.2) is 0 Å². The quantitative estimate of drug-likeness (QED) is 0.735. The third kappa shape index (κ3) is 6.49. The molecule has 2 N–H and O–H groups in total. The van der Waals surface area contributed by atoms with Gasteiger partial charge in [-0.2, -0.15) is 0 Å². The lowest BCUT2D eigenvalue weighted by atomic mass is 10.1. The van der Waals surface area contributed by atoms with Crippen molar-refractivity contribution in [3.05, 3.63) is 51.8 Å². The Kier molecular flexibility index (Phi) is 7.43. The number of hydrogen-bond acceptors (Lipinski definition) is 5. The van der Waals surface area contributed by atoms with Crippen LogP contribution in [0.5, 0.6) is 0 Å². The summed E-state index contributed by atoms with van der Waals surface area (Å²) in [5.74, 6) is 0.193. The van der Waals surface area contributed by atoms with Crippen molar-refractivity contribution in [1.82, 2.24) is 20.2 Å². The zero-order valence-electron chi connectivity index (χ0n) is 14.2. The van der Waals surface area contributed by atoms with Crippen LogP contribution in [0.25, 0.3) is 0 Å². The molecule has 0 atom stereocenters. The molecule has 1 heterocycles. The fourth-order valence-electron chi connectivity index (χ4n) is 2.09. The Labute approximate surface area is 157 Å². The molecule has 0 bridgehead atoms. The summed E-state index contributed by atoms with van der Waals surface area (Å²) in [6.07, 6.45) is 2.25. The zero-order chi connectivity index (χ0) is 18.2. The molecule has 6 nitrogen and oxygen atoms in total. The fraction of sp³-hybridized carbons (Fsp3) is 0.353. The minimum Gasteiger partial charge on any atom is -0.354 e. The summed E-state index contributed by atoms with van der Waals surface area (Å²) >= 11 is 12.0. The summed E-state index contributed by atoms with van der Waals surface area (Å²) in [7, 11) is 3.90. The van der Waals surface area contributed by atoms with Crippen LogP contribution in [0.3, 0.4) is 0 Å². The molecule has 0 aliphatic carbocycles. The lowest BCUT2D eigenvalue weighted by Gasteiger charge is -2.11. The summed E-state index contributed by atoms with van der Waals surface area (Å²) in [6, 6.07) is 7.00. The number of nitrogens with one attached hydrogen (secondary N) is 2. The molecule has 2 rings (SSSR count). The highest BCUT2D eigenvalue weighted by atomic mass is 35.5. The monoisotopic (exact) mass is 381 g/mol. The third-order valence-corrected chi connectivity index (χ3v) is 4.01. The van der Waals surface area contributed by atoms with Gasteiger partial charge >= 0.3 is 0 Å². The Morgan fingerprint density at radius 1 is 1.20 bits per heavy atom. The number of benzene rings is 1. The highest BCUT2D eigenvalue weighted by molar-refractivity contribution is 6.35. The number of likely N-dealkylation sites (N-methyl/N-ethyl adjacent to an activating group) is 1. The molecule has 25 heavy (non-hydrogen) atoms. The molecule has 1 amide bonds. The summed E-state index contributed by atoms with van der Waals surface area (Å²) < 4.78 is 0. The molecule has 0 aliphatic rings. The number of rotatable bonds is 8. The van der Waals surface area contributed by atoms with Gasteiger partial charge < -0.3 is 15.5 Å². The minimum atomic E-state index is -0.215. The van der Waals surface area contributed by atoms with Crippen LogP contribution >= 0.6 is 23.2 Å². The van der Waals surface area contributed by atoms with Crippen molar-refractivity contribution in [2.75, 3.05) is 39.0 Å². The molecule has 0 saturated heterocycles. The number of anilines is 1. The zero-order valence-corrected chi connectivity index (χ0v) is 15.7. The van der Waals surface area contributed by atoms with Gasteiger partial charge in [-0.1, -0.05) is 29.3 Å². The normalized spacial score (nSPS) is 10.8. The van der Waals surface area contributed by atoms with Gasteiger partial charge in [-0.3, -0.25) is 4.79 Å². The second kappa shape index (κ2) is 9.56. The largest absolute Gasteiger partial charge is 0.354 e. The minimum absolute atomic E-state index is 0.215. The Morgan fingerprint density at radius 2 is 2.00 bits per heavy atom. The highest BCUT2D eigenvalue weighted by Crippen LogP contribution is 2.21. The lowest BCUT2D eigenvalue weighted by molar-refractivity contribution is 0.0946. The van der Waals surface area contributed by atoms with Crippen LogP contribution in [-0.2, 0) is 6.42 Å². The van der Waals surface area contributed by atoms with E-state index in [2.05, 4.69) is 20.6 Å². The van der Waals surface area contributed by atoms with Crippen molar-refractivity contribution in [3.8, 4) is 0 Å². The first-order valence-corrected chi connectivity index (χ1v) is 8.65. The summed E-state index contributed by atoms with van der Waals surface area (Å²) in [4.78, 5) is 22.4. The average molecular weight is 382 g/mol. The number of aromatic nitrogens is 2. The van der Waals surface area contributed by atoms with E-state index in [9.17, 15) is 4.79 Å². The van der Waals surface area contributed by atoms with Crippen LogP contribution < -0.4 is 10.6 Å². The van der Waals surface area contributed by atoms with E-state index in [1.54, 1.807) is 24.4 Å². The lowest BCUT2D eigenvalue weighted by Crippen LogP contribution is -2.32. The molecule has 1 aromatic heterocycles. The predicted molar refractivity (Wildman–Crippen MR) is 102 cm³/mol. The van der Waals surface area contributed by atoms with E-state index in [4.69, 9.17) is 23.2 Å². The topological polar surface area (TPSA) is 70.2 Å². The molecule has 0 saturated carbocycles. The summed E-state index contributed by atoms with van der Waals surface area (Å²) in [6.45, 7) is 1.92. The van der Waals surface area contributed by atoms with Gasteiger partial charge in [0, 0.05) is 35.9 Å². The molecular weight excluding hydrogens is 361 g/mol. The van der Waals surface area contributed by atoms with Gasteiger partial charge in [-0.25, -0.2) is 9.97 Å². The number of nitrogens with zero attached hydrogens (tertiary/aromatic N) is 3. The van der Waals surface area contributed by atoms with Crippen LogP contribution in [0.15, 0.2) is 30.5 Å². The first-order valence-electron chi connectivity index (χ1n) is 7.89. The summed E-state index contributed by atoms with van der Waals surface area (Å²) in [5, 5.41) is 7.16. The second-order valence-electron chi connectivity index (χ2n) is 5.74. The fourth-order valence-corrected chi connectivity index (χ4v) is 2.59. The molecule has 0 fully saturated rings. The first-order chi connectivity index (χ1) is 12.0. The molecule has 8 heteroatoms. The number of amides is 1. The molecule has 2 aromatic rings. The average Bonchev–Trinajstić information content (AvgIpc) is 2.57. The Morgan fingerprint density at radius 3 is 2.72 bits per heavy atom. The molecule has 0 unspecified atom stereocenters. The molecule has 0 radical (unpaired) electrons. The smallest absolute Gasteiger partial charge is 0.270 e. The number of hydrogen-bond donors (Lipinski definition) is 2. The maximum atomic E-state index is 12.1. The number of carbonyl (C=O) groups is 1. The predicted octanol–water partition coefficient (Wildman–Crippen LogP) is 2.73. The van der Waals surface area contributed by atoms with Crippen molar-refractivity contribution in [3.63, 3.8) is 0 Å². The van der Waals surface area contributed by atoms with Gasteiger partial charge in [-0.15, -0.1) is 0 Å². The standard InChI is InChI=1S/C17H21Cl2N5O/c1-24(2)10-9-20-16(25)15-6-8-22-17(23-15)21-7-5-12-3-4-13(18)11-14(12)19/h3-4,6,8,11H,5,7,9-10H2,1-2H3,(H,20,25)(H,21,22,23). The first kappa shape index (κ1) is 19.4. The van der Waals surface area contributed by atoms with E-state index in [1.807, 2.05) is 25.1 Å². The highest BCUT2D eigenvalue weighted by Gasteiger charge is 2.08. The Balaban J connectivity index is 1.87. The molecule has 0 aliphatic heterocycles. The third-order valence-electron chi connectivity index (χ3n) is 3.43. The summed E-state index contributed by atoms with van der Waals surface area (Å²) in [5.41, 5.74) is 1.32. The van der Waals surface area contributed by atoms with Crippen molar-refractivity contribution >= 4 is 35.1 Å². The van der Waals surface area contributed by atoms with Crippen LogP contribution in [-0.4, -0.2) is 54.5 Å². The molecule has 134 valence electrons. The van der Waals surface area contributed by atoms with Crippen molar-refractivity contribution in [2.24, 2.45) is 0 Å². The van der Waals surface area contributed by atoms with E-state index in [-0.39, 0.29) is 5.91 Å². The van der Waals surface area contributed by atoms with Crippen molar-refractivity contribution in [2.45, 2.75) is 6.42 Å². The van der Waals surface area contributed by atoms with Gasteiger partial charge in [0.25, 0.3) is 5.91 Å². The maximum absolute atomic E-state index is 12.1. The molecule has 0 spiro atoms. The number of carbonyl (C=O) groups excluding carboxylic acids is 1. The van der Waals surface area contributed by atoms with E-state index in [0.717, 1.165) is 12.1 Å². The van der Waals surface area contributed by atoms with Crippen LogP contribution in [0.1, 0.15) is 16.1 Å². The molecular formula is C17H21Cl2N5O. The Bertz CT molecular complexity index is 724. The number of halogens is 2. The van der Waals surface area contributed by atoms with E-state index in [0.29, 0.717) is 41.2 Å². The van der Waals surface area contributed by atoms with Crippen LogP contribution in [0, 0.1) is 0 Å². The van der Waals surface area contributed by atoms with Crippen molar-refractivity contribution < 1.29 is 4.79 Å². The van der Waals surface area contributed by atoms with E-state index < -0.39 is 0 Å². The van der Waals surface area contributed by atoms with Gasteiger partial charge in [-0.05, 0) is 44.3 Å². The molecule has 1 aromatic carbocycles. The second-order valence-corrected chi connectivity index (χ2v) is 6.58. The SMILES string of the molecule is CN(C)CCNC(=O)c1ccnc(NCCc2ccc(Cl)cc2Cl)n1. The Hall–Kier alpha value is -1.89. The van der Waals surface area contributed by atoms with Crippen molar-refractivity contribution in [1.29, 1.82) is 0 Å². The van der Waals surface area contributed by atoms with Crippen LogP contribution in [0.4, 0.5) is 5.95 Å². The van der Waals surface area contributed by atoms with Gasteiger partial charge in [0.2, 0.25) is 5.95 Å². The van der Waals surface area contributed by atoms with E-state index in [1.165, 1.54) is 0 Å². The maximum Gasteiger partial charge on any atom is 0.270 e. The van der Waals surface area contributed by atoms with Crippen LogP contribution in [0.2, 0.25) is 10.0 Å². The van der Waals surface area contributed by atoms with Gasteiger partial charge in [0.1, 0.15) is 5.69 Å².